The first-order valence-corrected chi connectivity index (χ1v) is 14.4. The Morgan fingerprint density at radius 2 is 1.25 bits per heavy atom. The summed E-state index contributed by atoms with van der Waals surface area (Å²) in [5, 5.41) is 14.7. The maximum absolute atomic E-state index is 12.9. The number of carbonyl (C=O) groups excluding carboxylic acids is 1. The minimum atomic E-state index is -4.80. The summed E-state index contributed by atoms with van der Waals surface area (Å²) in [5.74, 6) is 5.42. The van der Waals surface area contributed by atoms with Gasteiger partial charge in [-0.15, -0.1) is 4.68 Å². The van der Waals surface area contributed by atoms with Gasteiger partial charge in [0.05, 0.1) is 35.1 Å². The molecule has 0 spiro atoms. The highest BCUT2D eigenvalue weighted by Crippen LogP contribution is 2.27. The summed E-state index contributed by atoms with van der Waals surface area (Å²) < 4.78 is 39.5. The number of hydrogen-bond acceptors (Lipinski definition) is 7. The summed E-state index contributed by atoms with van der Waals surface area (Å²) in [7, 11) is 0.956. The Kier molecular flexibility index (Phi) is 8.92. The van der Waals surface area contributed by atoms with Gasteiger partial charge in [-0.1, -0.05) is 36.4 Å². The van der Waals surface area contributed by atoms with Crippen LogP contribution in [0.2, 0.25) is 0 Å². The molecule has 4 heterocycles. The number of nitrogen functional groups attached to an aromatic ring is 1. The Morgan fingerprint density at radius 3 is 1.83 bits per heavy atom. The van der Waals surface area contributed by atoms with Crippen molar-refractivity contribution in [3.05, 3.63) is 122 Å². The maximum Gasteiger partial charge on any atom is 0.431 e. The van der Waals surface area contributed by atoms with E-state index in [9.17, 15) is 27.6 Å². The van der Waals surface area contributed by atoms with E-state index in [2.05, 4.69) is 20.7 Å². The molecule has 0 atom stereocenters. The Balaban J connectivity index is 0.000000153. The van der Waals surface area contributed by atoms with Crippen LogP contribution in [0.4, 0.5) is 13.2 Å². The lowest BCUT2D eigenvalue weighted by atomic mass is 10.2. The number of nitrogens with one attached hydrogen (secondary N) is 1. The first-order valence-electron chi connectivity index (χ1n) is 14.4. The predicted octanol–water partition coefficient (Wildman–Crippen LogP) is 4.03. The molecule has 0 saturated heterocycles. The molecule has 48 heavy (non-hydrogen) atoms. The molecule has 0 saturated carbocycles. The maximum atomic E-state index is 12.9. The molecule has 16 heteroatoms. The number of benzene rings is 3. The first kappa shape index (κ1) is 33.2. The average molecular weight is 661 g/mol. The molecule has 248 valence electrons. The highest BCUT2D eigenvalue weighted by Gasteiger charge is 2.35. The second kappa shape index (κ2) is 12.9. The van der Waals surface area contributed by atoms with Crippen LogP contribution >= 0.6 is 0 Å². The van der Waals surface area contributed by atoms with Gasteiger partial charge in [-0.2, -0.15) is 42.8 Å². The number of hydrogen-bond donors (Lipinski definition) is 2. The lowest BCUT2D eigenvalue weighted by molar-refractivity contribution is -0.144. The number of nitrogens with zero attached hydrogens (tertiary/aromatic N) is 8. The number of rotatable bonds is 2. The van der Waals surface area contributed by atoms with Crippen molar-refractivity contribution in [1.82, 2.24) is 38.9 Å². The van der Waals surface area contributed by atoms with Crippen LogP contribution in [0.15, 0.2) is 88.8 Å². The number of carbonyl (C=O) groups is 1. The highest BCUT2D eigenvalue weighted by molar-refractivity contribution is 5.85. The van der Waals surface area contributed by atoms with Gasteiger partial charge in [0.15, 0.2) is 0 Å². The van der Waals surface area contributed by atoms with Crippen molar-refractivity contribution < 1.29 is 18.0 Å². The van der Waals surface area contributed by atoms with Gasteiger partial charge in [-0.3, -0.25) is 14.2 Å². The van der Waals surface area contributed by atoms with E-state index in [1.807, 2.05) is 63.2 Å². The monoisotopic (exact) mass is 660 g/mol. The van der Waals surface area contributed by atoms with Crippen LogP contribution in [0.5, 0.6) is 0 Å². The predicted molar refractivity (Wildman–Crippen MR) is 175 cm³/mol. The minimum absolute atomic E-state index is 0.128. The van der Waals surface area contributed by atoms with Crippen molar-refractivity contribution in [2.45, 2.75) is 33.9 Å². The van der Waals surface area contributed by atoms with Crippen LogP contribution < -0.4 is 22.5 Å². The van der Waals surface area contributed by atoms with Crippen LogP contribution in [0.1, 0.15) is 29.3 Å². The summed E-state index contributed by atoms with van der Waals surface area (Å²) in [6.07, 6.45) is 0.118. The molecule has 7 rings (SSSR count). The molecule has 3 N–H and O–H groups in total. The SMILES string of the molecule is CC(=O)Nn1ncc2ccc(C)cc21.Cc1ccc2cnn(-n3c(=O)cc(C(F)(F)F)n(C)c3=O)c2c1.Cc1ccc2cnn(N)c2c1. The molecular formula is C32H31F3N10O3. The molecule has 0 aliphatic heterocycles. The first-order chi connectivity index (χ1) is 22.6. The van der Waals surface area contributed by atoms with E-state index in [-0.39, 0.29) is 5.91 Å². The van der Waals surface area contributed by atoms with Crippen molar-refractivity contribution in [2.24, 2.45) is 7.05 Å². The van der Waals surface area contributed by atoms with Gasteiger partial charge in [0, 0.05) is 36.2 Å². The standard InChI is InChI=1S/C14H11F3N4O2.C10H11N3O.C8H9N3/c1-8-3-4-9-7-18-21(10(9)5-8)20-12(22)6-11(14(15,16)17)19(2)13(20)23;1-7-3-4-9-6-11-13(10(9)5-7)12-8(2)14;1-6-2-3-7-5-10-11(9)8(7)4-6/h3-7H,1-2H3;3-6H,1-2H3,(H,12,14);2-5H,9H2,1H3. The number of alkyl halides is 3. The van der Waals surface area contributed by atoms with Gasteiger partial charge in [-0.25, -0.2) is 10.2 Å². The molecule has 1 amide bonds. The second-order valence-corrected chi connectivity index (χ2v) is 11.1. The Bertz CT molecular complexity index is 2410. The van der Waals surface area contributed by atoms with Crippen molar-refractivity contribution in [1.29, 1.82) is 0 Å². The third-order valence-electron chi connectivity index (χ3n) is 7.23. The van der Waals surface area contributed by atoms with E-state index in [1.165, 1.54) is 28.3 Å². The Labute approximate surface area is 270 Å². The zero-order valence-electron chi connectivity index (χ0n) is 26.5. The fourth-order valence-corrected chi connectivity index (χ4v) is 4.85. The van der Waals surface area contributed by atoms with Gasteiger partial charge in [0.25, 0.3) is 5.56 Å². The smallest absolute Gasteiger partial charge is 0.323 e. The lowest BCUT2D eigenvalue weighted by Crippen LogP contribution is -2.45. The molecule has 0 unspecified atom stereocenters. The van der Waals surface area contributed by atoms with Gasteiger partial charge < -0.3 is 5.84 Å². The zero-order chi connectivity index (χ0) is 34.9. The van der Waals surface area contributed by atoms with Crippen LogP contribution in [-0.2, 0) is 18.0 Å². The molecular weight excluding hydrogens is 629 g/mol. The van der Waals surface area contributed by atoms with E-state index < -0.39 is 23.1 Å². The molecule has 3 aromatic carbocycles. The normalized spacial score (nSPS) is 11.2. The molecule has 0 bridgehead atoms. The second-order valence-electron chi connectivity index (χ2n) is 11.1. The summed E-state index contributed by atoms with van der Waals surface area (Å²) in [6, 6.07) is 17.7. The molecule has 0 aliphatic rings. The summed E-state index contributed by atoms with van der Waals surface area (Å²) in [4.78, 5) is 39.1. The molecule has 7 aromatic rings. The van der Waals surface area contributed by atoms with Gasteiger partial charge >= 0.3 is 11.9 Å². The molecule has 0 radical (unpaired) electrons. The van der Waals surface area contributed by atoms with E-state index in [0.717, 1.165) is 44.8 Å². The Morgan fingerprint density at radius 1 is 0.750 bits per heavy atom. The largest absolute Gasteiger partial charge is 0.431 e. The summed E-state index contributed by atoms with van der Waals surface area (Å²) in [5.41, 5.74) is 4.62. The van der Waals surface area contributed by atoms with E-state index >= 15 is 0 Å². The van der Waals surface area contributed by atoms with E-state index in [0.29, 0.717) is 26.2 Å². The number of halogens is 3. The molecule has 13 nitrogen and oxygen atoms in total. The topological polar surface area (TPSA) is 153 Å². The lowest BCUT2D eigenvalue weighted by Gasteiger charge is -2.14. The third kappa shape index (κ3) is 6.81. The van der Waals surface area contributed by atoms with E-state index in [1.54, 1.807) is 24.5 Å². The number of amides is 1. The average Bonchev–Trinajstić information content (AvgIpc) is 3.72. The Hall–Kier alpha value is -6.19. The van der Waals surface area contributed by atoms with E-state index in [4.69, 9.17) is 5.84 Å². The van der Waals surface area contributed by atoms with Crippen molar-refractivity contribution in [3.8, 4) is 0 Å². The van der Waals surface area contributed by atoms with Crippen molar-refractivity contribution >= 4 is 38.6 Å². The van der Waals surface area contributed by atoms with Crippen LogP contribution in [0.25, 0.3) is 32.7 Å². The molecule has 0 fully saturated rings. The molecule has 4 aromatic heterocycles. The molecule has 0 aliphatic carbocycles. The number of fused-ring (bicyclic) bond motifs is 3. The highest BCUT2D eigenvalue weighted by atomic mass is 19.4. The number of aromatic nitrogens is 8. The fraction of sp³-hybridized carbons (Fsp3) is 0.188. The van der Waals surface area contributed by atoms with Gasteiger partial charge in [0.1, 0.15) is 5.69 Å². The fourth-order valence-electron chi connectivity index (χ4n) is 4.85. The minimum Gasteiger partial charge on any atom is -0.323 e. The van der Waals surface area contributed by atoms with Crippen LogP contribution in [0.3, 0.4) is 0 Å². The number of aryl methyl sites for hydroxylation is 3. The quantitative estimate of drug-likeness (QED) is 0.266. The van der Waals surface area contributed by atoms with Gasteiger partial charge in [0.2, 0.25) is 5.91 Å². The summed E-state index contributed by atoms with van der Waals surface area (Å²) in [6.45, 7) is 7.31. The van der Waals surface area contributed by atoms with Crippen LogP contribution in [-0.4, -0.2) is 44.8 Å². The number of nitrogens with two attached hydrogens (primary N) is 1. The van der Waals surface area contributed by atoms with Gasteiger partial charge in [-0.05, 0) is 55.7 Å². The summed E-state index contributed by atoms with van der Waals surface area (Å²) >= 11 is 0. The van der Waals surface area contributed by atoms with Crippen molar-refractivity contribution in [2.75, 3.05) is 11.3 Å². The van der Waals surface area contributed by atoms with Crippen molar-refractivity contribution in [3.63, 3.8) is 0 Å². The third-order valence-corrected chi connectivity index (χ3v) is 7.23. The zero-order valence-corrected chi connectivity index (χ0v) is 26.5. The van der Waals surface area contributed by atoms with Crippen LogP contribution in [0, 0.1) is 20.8 Å².